The average molecular weight is 287 g/mol. The van der Waals surface area contributed by atoms with E-state index >= 15 is 0 Å². The van der Waals surface area contributed by atoms with E-state index in [9.17, 15) is 9.18 Å². The van der Waals surface area contributed by atoms with Crippen molar-refractivity contribution in [3.8, 4) is 0 Å². The number of carbonyl (C=O) groups is 1. The number of aryl methyl sites for hydroxylation is 1. The molecule has 0 fully saturated rings. The van der Waals surface area contributed by atoms with Gasteiger partial charge in [0.15, 0.2) is 17.2 Å². The lowest BCUT2D eigenvalue weighted by Gasteiger charge is -2.02. The van der Waals surface area contributed by atoms with E-state index in [1.54, 1.807) is 31.6 Å². The lowest BCUT2D eigenvalue weighted by molar-refractivity contribution is 0.0927. The number of nitrogens with zero attached hydrogens (tertiary/aromatic N) is 1. The van der Waals surface area contributed by atoms with Gasteiger partial charge in [-0.2, -0.15) is 0 Å². The van der Waals surface area contributed by atoms with Gasteiger partial charge in [-0.3, -0.25) is 4.79 Å². The molecule has 108 valence electrons. The molecule has 0 atom stereocenters. The summed E-state index contributed by atoms with van der Waals surface area (Å²) in [7, 11) is 0. The number of amides is 1. The summed E-state index contributed by atoms with van der Waals surface area (Å²) in [6.45, 7) is 2.19. The Hall–Kier alpha value is -2.63. The molecule has 2 N–H and O–H groups in total. The standard InChI is InChI=1S/C15H14FN3O2/c1-9-11-3-2-4-12(16)14(11)21-13(9)15(20)18-6-5-10-7-17-8-19-10/h2-4,7-8H,5-6H2,1H3,(H,17,19)(H,18,20). The Bertz CT molecular complexity index is 778. The van der Waals surface area contributed by atoms with E-state index in [1.165, 1.54) is 6.07 Å². The molecule has 0 saturated carbocycles. The van der Waals surface area contributed by atoms with Gasteiger partial charge in [0.1, 0.15) is 0 Å². The fourth-order valence-corrected chi connectivity index (χ4v) is 2.24. The molecule has 2 heterocycles. The van der Waals surface area contributed by atoms with E-state index in [-0.39, 0.29) is 17.3 Å². The van der Waals surface area contributed by atoms with Crippen LogP contribution in [0.1, 0.15) is 21.8 Å². The molecule has 0 bridgehead atoms. The summed E-state index contributed by atoms with van der Waals surface area (Å²) >= 11 is 0. The minimum absolute atomic E-state index is 0.119. The topological polar surface area (TPSA) is 70.9 Å². The Balaban J connectivity index is 1.75. The highest BCUT2D eigenvalue weighted by atomic mass is 19.1. The van der Waals surface area contributed by atoms with Crippen LogP contribution < -0.4 is 5.32 Å². The Kier molecular flexibility index (Phi) is 3.43. The van der Waals surface area contributed by atoms with Gasteiger partial charge in [-0.25, -0.2) is 9.37 Å². The van der Waals surface area contributed by atoms with Crippen LogP contribution in [0.15, 0.2) is 35.1 Å². The summed E-state index contributed by atoms with van der Waals surface area (Å²) in [5.74, 6) is -0.658. The lowest BCUT2D eigenvalue weighted by atomic mass is 10.1. The van der Waals surface area contributed by atoms with E-state index in [0.717, 1.165) is 5.69 Å². The second-order valence-electron chi connectivity index (χ2n) is 4.76. The van der Waals surface area contributed by atoms with Crippen molar-refractivity contribution >= 4 is 16.9 Å². The molecule has 21 heavy (non-hydrogen) atoms. The van der Waals surface area contributed by atoms with Gasteiger partial charge in [0.05, 0.1) is 6.33 Å². The molecular formula is C15H14FN3O2. The zero-order valence-electron chi connectivity index (χ0n) is 11.4. The molecule has 2 aromatic heterocycles. The summed E-state index contributed by atoms with van der Waals surface area (Å²) < 4.78 is 19.0. The van der Waals surface area contributed by atoms with Gasteiger partial charge < -0.3 is 14.7 Å². The SMILES string of the molecule is Cc1c(C(=O)NCCc2cnc[nH]2)oc2c(F)cccc12. The number of nitrogens with one attached hydrogen (secondary N) is 2. The second kappa shape index (κ2) is 5.40. The first kappa shape index (κ1) is 13.4. The molecule has 6 heteroatoms. The third-order valence-corrected chi connectivity index (χ3v) is 3.36. The van der Waals surface area contributed by atoms with Crippen molar-refractivity contribution in [3.05, 3.63) is 53.6 Å². The van der Waals surface area contributed by atoms with Crippen molar-refractivity contribution in [3.63, 3.8) is 0 Å². The molecule has 0 aliphatic carbocycles. The van der Waals surface area contributed by atoms with E-state index in [4.69, 9.17) is 4.42 Å². The van der Waals surface area contributed by atoms with Gasteiger partial charge in [-0.05, 0) is 13.0 Å². The average Bonchev–Trinajstić information content (AvgIpc) is 3.08. The van der Waals surface area contributed by atoms with Gasteiger partial charge >= 0.3 is 0 Å². The summed E-state index contributed by atoms with van der Waals surface area (Å²) in [6.07, 6.45) is 3.93. The van der Waals surface area contributed by atoms with Crippen LogP contribution in [0, 0.1) is 12.7 Å². The molecule has 0 unspecified atom stereocenters. The van der Waals surface area contributed by atoms with Crippen LogP contribution in [-0.4, -0.2) is 22.4 Å². The number of fused-ring (bicyclic) bond motifs is 1. The molecule has 3 aromatic rings. The largest absolute Gasteiger partial charge is 0.448 e. The Morgan fingerprint density at radius 1 is 1.48 bits per heavy atom. The van der Waals surface area contributed by atoms with Crippen molar-refractivity contribution in [1.82, 2.24) is 15.3 Å². The Morgan fingerprint density at radius 3 is 3.05 bits per heavy atom. The number of hydrogen-bond acceptors (Lipinski definition) is 3. The van der Waals surface area contributed by atoms with E-state index < -0.39 is 5.82 Å². The molecule has 0 saturated heterocycles. The number of para-hydroxylation sites is 1. The minimum atomic E-state index is -0.466. The van der Waals surface area contributed by atoms with E-state index in [2.05, 4.69) is 15.3 Å². The fraction of sp³-hybridized carbons (Fsp3) is 0.200. The van der Waals surface area contributed by atoms with Crippen LogP contribution in [0.5, 0.6) is 0 Å². The first-order valence-corrected chi connectivity index (χ1v) is 6.60. The molecule has 1 aromatic carbocycles. The Labute approximate surface area is 120 Å². The van der Waals surface area contributed by atoms with Gasteiger partial charge in [-0.15, -0.1) is 0 Å². The maximum atomic E-state index is 13.6. The zero-order chi connectivity index (χ0) is 14.8. The summed E-state index contributed by atoms with van der Waals surface area (Å²) in [5.41, 5.74) is 1.69. The fourth-order valence-electron chi connectivity index (χ4n) is 2.24. The maximum Gasteiger partial charge on any atom is 0.287 e. The van der Waals surface area contributed by atoms with Crippen molar-refractivity contribution in [1.29, 1.82) is 0 Å². The number of H-pyrrole nitrogens is 1. The molecule has 1 amide bonds. The molecule has 0 spiro atoms. The number of hydrogen-bond donors (Lipinski definition) is 2. The van der Waals surface area contributed by atoms with Crippen LogP contribution in [0.4, 0.5) is 4.39 Å². The zero-order valence-corrected chi connectivity index (χ0v) is 11.4. The molecular weight excluding hydrogens is 273 g/mol. The second-order valence-corrected chi connectivity index (χ2v) is 4.76. The molecule has 5 nitrogen and oxygen atoms in total. The quantitative estimate of drug-likeness (QED) is 0.774. The van der Waals surface area contributed by atoms with Gasteiger partial charge in [-0.1, -0.05) is 12.1 Å². The van der Waals surface area contributed by atoms with Gasteiger partial charge in [0.25, 0.3) is 5.91 Å². The van der Waals surface area contributed by atoms with Crippen molar-refractivity contribution < 1.29 is 13.6 Å². The van der Waals surface area contributed by atoms with Crippen LogP contribution in [0.25, 0.3) is 11.0 Å². The third-order valence-electron chi connectivity index (χ3n) is 3.36. The van der Waals surface area contributed by atoms with Crippen LogP contribution in [-0.2, 0) is 6.42 Å². The highest BCUT2D eigenvalue weighted by Gasteiger charge is 2.19. The highest BCUT2D eigenvalue weighted by Crippen LogP contribution is 2.27. The lowest BCUT2D eigenvalue weighted by Crippen LogP contribution is -2.25. The summed E-state index contributed by atoms with van der Waals surface area (Å²) in [4.78, 5) is 19.0. The monoisotopic (exact) mass is 287 g/mol. The Morgan fingerprint density at radius 2 is 2.33 bits per heavy atom. The number of furan rings is 1. The van der Waals surface area contributed by atoms with Crippen LogP contribution in [0.2, 0.25) is 0 Å². The minimum Gasteiger partial charge on any atom is -0.448 e. The summed E-state index contributed by atoms with van der Waals surface area (Å²) in [5, 5.41) is 3.37. The van der Waals surface area contributed by atoms with Crippen LogP contribution >= 0.6 is 0 Å². The predicted octanol–water partition coefficient (Wildman–Crippen LogP) is 2.58. The number of halogens is 1. The maximum absolute atomic E-state index is 13.6. The van der Waals surface area contributed by atoms with E-state index in [1.807, 2.05) is 0 Å². The number of aromatic amines is 1. The molecule has 0 aliphatic rings. The summed E-state index contributed by atoms with van der Waals surface area (Å²) in [6, 6.07) is 4.64. The molecule has 0 radical (unpaired) electrons. The first-order valence-electron chi connectivity index (χ1n) is 6.60. The number of imidazole rings is 1. The normalized spacial score (nSPS) is 11.0. The highest BCUT2D eigenvalue weighted by molar-refractivity contribution is 5.98. The molecule has 0 aliphatic heterocycles. The van der Waals surface area contributed by atoms with Gasteiger partial charge in [0, 0.05) is 35.8 Å². The molecule has 3 rings (SSSR count). The van der Waals surface area contributed by atoms with Crippen molar-refractivity contribution in [2.45, 2.75) is 13.3 Å². The van der Waals surface area contributed by atoms with Crippen LogP contribution in [0.3, 0.4) is 0 Å². The van der Waals surface area contributed by atoms with E-state index in [0.29, 0.717) is 23.9 Å². The number of carbonyl (C=O) groups excluding carboxylic acids is 1. The van der Waals surface area contributed by atoms with Crippen molar-refractivity contribution in [2.24, 2.45) is 0 Å². The smallest absolute Gasteiger partial charge is 0.287 e. The van der Waals surface area contributed by atoms with Crippen molar-refractivity contribution in [2.75, 3.05) is 6.54 Å². The number of rotatable bonds is 4. The predicted molar refractivity (Wildman–Crippen MR) is 75.5 cm³/mol. The third kappa shape index (κ3) is 2.52. The first-order chi connectivity index (χ1) is 10.2. The number of aromatic nitrogens is 2. The number of benzene rings is 1. The van der Waals surface area contributed by atoms with Gasteiger partial charge in [0.2, 0.25) is 0 Å².